The molecule has 0 aromatic carbocycles. The number of phosphoric ester groups is 1. The number of hydrogen-bond donors (Lipinski definition) is 2. The number of aliphatic hydroxyl groups excluding tert-OH is 1. The molecule has 2 saturated heterocycles. The van der Waals surface area contributed by atoms with Crippen molar-refractivity contribution in [3.8, 4) is 0 Å². The Kier molecular flexibility index (Phi) is 58.6. The highest BCUT2D eigenvalue weighted by molar-refractivity contribution is 7.48. The molecule has 22 heteroatoms. The van der Waals surface area contributed by atoms with Crippen LogP contribution in [0.4, 0.5) is 9.59 Å². The van der Waals surface area contributed by atoms with E-state index in [0.717, 1.165) is 148 Å². The molecule has 0 bridgehead atoms. The van der Waals surface area contributed by atoms with Crippen molar-refractivity contribution in [2.24, 2.45) is 0 Å². The molecule has 101 heavy (non-hydrogen) atoms. The van der Waals surface area contributed by atoms with Gasteiger partial charge in [0.05, 0.1) is 32.3 Å². The first-order valence-electron chi connectivity index (χ1n) is 39.4. The normalized spacial score (nSPS) is 21.0. The molecule has 2 N–H and O–H groups in total. The molecule has 2 rings (SSSR count). The molecular weight excluding hydrogens is 1310 g/mol. The number of hydrogen-bond acceptors (Lipinski definition) is 20. The lowest BCUT2D eigenvalue weighted by Gasteiger charge is -2.47. The number of amides is 1. The summed E-state index contributed by atoms with van der Waals surface area (Å²) in [6.07, 6.45) is 34.6. The van der Waals surface area contributed by atoms with Crippen LogP contribution in [0.15, 0.2) is 62.8 Å². The molecule has 11 atom stereocenters. The van der Waals surface area contributed by atoms with Crippen LogP contribution in [0, 0.1) is 0 Å². The Morgan fingerprint density at radius 2 is 0.931 bits per heavy atom. The highest BCUT2D eigenvalue weighted by Crippen LogP contribution is 2.53. The fourth-order valence-corrected chi connectivity index (χ4v) is 13.7. The summed E-state index contributed by atoms with van der Waals surface area (Å²) < 4.78 is 102. The predicted octanol–water partition coefficient (Wildman–Crippen LogP) is 18.9. The molecule has 0 saturated carbocycles. The molecule has 0 aromatic rings. The Bertz CT molecular complexity index is 2170. The largest absolute Gasteiger partial charge is 0.509 e. The maximum Gasteiger partial charge on any atom is 0.509 e. The number of carbonyl (C=O) groups excluding carboxylic acids is 4. The second-order valence-electron chi connectivity index (χ2n) is 26.9. The first kappa shape index (κ1) is 93.3. The van der Waals surface area contributed by atoms with Crippen LogP contribution >= 0.6 is 7.82 Å². The zero-order chi connectivity index (χ0) is 73.7. The number of nitrogens with one attached hydrogen (secondary N) is 1. The summed E-state index contributed by atoms with van der Waals surface area (Å²) in [4.78, 5) is 54.2. The van der Waals surface area contributed by atoms with Crippen LogP contribution in [0.2, 0.25) is 0 Å². The number of rotatable bonds is 69. The van der Waals surface area contributed by atoms with Crippen LogP contribution in [0.25, 0.3) is 0 Å². The first-order chi connectivity index (χ1) is 49.3. The van der Waals surface area contributed by atoms with Crippen LogP contribution in [-0.2, 0) is 79.8 Å². The summed E-state index contributed by atoms with van der Waals surface area (Å²) in [5, 5.41) is 14.9. The second kappa shape index (κ2) is 63.4. The van der Waals surface area contributed by atoms with E-state index < -0.39 is 107 Å². The predicted molar refractivity (Wildman–Crippen MR) is 398 cm³/mol. The van der Waals surface area contributed by atoms with E-state index in [9.17, 15) is 28.8 Å². The molecule has 2 heterocycles. The third kappa shape index (κ3) is 45.3. The molecule has 2 aliphatic heterocycles. The minimum absolute atomic E-state index is 0.0662. The van der Waals surface area contributed by atoms with Gasteiger partial charge in [-0.25, -0.2) is 14.2 Å². The summed E-state index contributed by atoms with van der Waals surface area (Å²) in [6, 6.07) is -1.35. The minimum Gasteiger partial charge on any atom is -0.431 e. The lowest BCUT2D eigenvalue weighted by atomic mass is 9.95. The van der Waals surface area contributed by atoms with Crippen LogP contribution < -0.4 is 5.32 Å². The van der Waals surface area contributed by atoms with Gasteiger partial charge in [-0.2, -0.15) is 0 Å². The Morgan fingerprint density at radius 3 is 1.46 bits per heavy atom. The lowest BCUT2D eigenvalue weighted by Crippen LogP contribution is -2.66. The van der Waals surface area contributed by atoms with Gasteiger partial charge in [0, 0.05) is 33.4 Å². The van der Waals surface area contributed by atoms with Crippen molar-refractivity contribution in [3.63, 3.8) is 0 Å². The van der Waals surface area contributed by atoms with Crippen LogP contribution in [0.1, 0.15) is 285 Å². The van der Waals surface area contributed by atoms with Crippen molar-refractivity contribution in [1.82, 2.24) is 5.32 Å². The van der Waals surface area contributed by atoms with E-state index in [1.807, 2.05) is 0 Å². The van der Waals surface area contributed by atoms with Gasteiger partial charge in [0.1, 0.15) is 68.3 Å². The molecule has 0 radical (unpaired) electrons. The van der Waals surface area contributed by atoms with Gasteiger partial charge in [0.15, 0.2) is 18.7 Å². The van der Waals surface area contributed by atoms with Crippen molar-refractivity contribution in [2.75, 3.05) is 66.6 Å². The quantitative estimate of drug-likeness (QED) is 0.0189. The standard InChI is InChI=1S/C79H140NO20P/c1-10-18-22-26-29-32-33-34-35-36-37-38-40-43-47-51-60-89-75-74(90-61-54-66(87-9)53-49-44-25-21-13-4)72(100-101(86,95-57-16-7)96-58-17-8)68(64-94-78(84)91-55-14-5)98-77(75)93-63-67-71(99-79(85)92-56-15-6)73(88-59-50-46-42-31-28-24-20-12-3)70(76(83)97-67)80-69(82)62-65(81)52-48-45-41-39-30-27-23-19-11-2/h14-17,32-33,66-68,70-77,83H,5-8,10-13,18-31,34-64H2,1-4,9H3,(H,80,82)/t66-,67-,68-,70-,71-,72-,73-,74+,75-,76+,77+/m1/s1. The molecule has 586 valence electrons. The summed E-state index contributed by atoms with van der Waals surface area (Å²) in [7, 11) is -2.92. The number of ether oxygens (including phenoxy) is 11. The number of ketones is 1. The van der Waals surface area contributed by atoms with E-state index in [1.165, 1.54) is 94.9 Å². The molecule has 0 unspecified atom stereocenters. The Balaban J connectivity index is 2.73. The van der Waals surface area contributed by atoms with Gasteiger partial charge in [-0.05, 0) is 57.8 Å². The van der Waals surface area contributed by atoms with Crippen LogP contribution in [0.5, 0.6) is 0 Å². The third-order valence-corrected chi connectivity index (χ3v) is 19.5. The highest BCUT2D eigenvalue weighted by Gasteiger charge is 2.54. The van der Waals surface area contributed by atoms with E-state index in [0.29, 0.717) is 25.7 Å². The number of aliphatic hydroxyl groups is 1. The summed E-state index contributed by atoms with van der Waals surface area (Å²) in [5.41, 5.74) is 0. The van der Waals surface area contributed by atoms with Gasteiger partial charge in [-0.1, -0.05) is 264 Å². The number of methoxy groups -OCH3 is 1. The number of carbonyl (C=O) groups is 4. The maximum atomic E-state index is 14.9. The van der Waals surface area contributed by atoms with E-state index in [2.05, 4.69) is 71.5 Å². The van der Waals surface area contributed by atoms with Gasteiger partial charge in [-0.3, -0.25) is 23.2 Å². The summed E-state index contributed by atoms with van der Waals surface area (Å²) >= 11 is 0. The smallest absolute Gasteiger partial charge is 0.431 e. The fourth-order valence-electron chi connectivity index (χ4n) is 12.4. The van der Waals surface area contributed by atoms with Gasteiger partial charge in [0.25, 0.3) is 0 Å². The Morgan fingerprint density at radius 1 is 0.475 bits per heavy atom. The molecule has 0 spiro atoms. The molecular formula is C79H140NO20P. The zero-order valence-electron chi connectivity index (χ0n) is 63.4. The van der Waals surface area contributed by atoms with Gasteiger partial charge < -0.3 is 62.5 Å². The van der Waals surface area contributed by atoms with Gasteiger partial charge >= 0.3 is 20.1 Å². The highest BCUT2D eigenvalue weighted by atomic mass is 31.2. The van der Waals surface area contributed by atoms with E-state index in [-0.39, 0.29) is 64.6 Å². The maximum absolute atomic E-state index is 14.9. The average Bonchev–Trinajstić information content (AvgIpc) is 0.784. The molecule has 0 aliphatic carbocycles. The van der Waals surface area contributed by atoms with Crippen LogP contribution in [-0.4, -0.2) is 163 Å². The topological polar surface area (TPSA) is 247 Å². The average molecular weight is 1450 g/mol. The minimum atomic E-state index is -4.58. The van der Waals surface area contributed by atoms with Crippen molar-refractivity contribution in [3.05, 3.63) is 62.8 Å². The first-order valence-corrected chi connectivity index (χ1v) is 40.8. The van der Waals surface area contributed by atoms with Gasteiger partial charge in [-0.15, -0.1) is 13.2 Å². The summed E-state index contributed by atoms with van der Waals surface area (Å²) in [5.74, 6) is -0.917. The molecule has 0 aromatic heterocycles. The number of phosphoric acid groups is 1. The number of unbranched alkanes of at least 4 members (excludes halogenated alkanes) is 31. The SMILES string of the molecule is C=CCOC(=O)OC[C@H]1O[C@H](OC[C@H]2O[C@H](O)[C@H](NC(=O)CC(=O)CCCCCCCCCCC)[C@@H](OCCCCCCCCCC)[C@@H]2OC(=O)OCC=C)[C@H](OCCCCCCCCCCC=CCCCCCC)[C@@H](OCC[C@@H](CCCCCCC)OC)[C@@H]1OP(=O)(OCC=C)OCC=C. The monoisotopic (exact) mass is 1450 g/mol. The van der Waals surface area contributed by atoms with Crippen molar-refractivity contribution < 1.29 is 94.5 Å². The lowest BCUT2D eigenvalue weighted by molar-refractivity contribution is -0.329. The third-order valence-electron chi connectivity index (χ3n) is 18.1. The molecule has 2 fully saturated rings. The Hall–Kier alpha value is -3.83. The zero-order valence-corrected chi connectivity index (χ0v) is 64.3. The molecule has 21 nitrogen and oxygen atoms in total. The molecule has 1 amide bonds. The van der Waals surface area contributed by atoms with Gasteiger partial charge in [0.2, 0.25) is 5.91 Å². The number of allylic oxidation sites excluding steroid dienone is 2. The van der Waals surface area contributed by atoms with Crippen molar-refractivity contribution in [1.29, 1.82) is 0 Å². The summed E-state index contributed by atoms with van der Waals surface area (Å²) in [6.45, 7) is 22.0. The number of Topliss-reactive ketones (excluding diaryl/α,β-unsaturated/α-hetero) is 1. The second-order valence-corrected chi connectivity index (χ2v) is 28.5. The fraction of sp³-hybridized carbons (Fsp3) is 0.823. The van der Waals surface area contributed by atoms with Crippen molar-refractivity contribution >= 4 is 31.8 Å². The van der Waals surface area contributed by atoms with E-state index in [1.54, 1.807) is 7.11 Å². The van der Waals surface area contributed by atoms with E-state index in [4.69, 9.17) is 65.7 Å². The molecule has 2 aliphatic rings. The van der Waals surface area contributed by atoms with Crippen LogP contribution in [0.3, 0.4) is 0 Å². The van der Waals surface area contributed by atoms with E-state index >= 15 is 0 Å². The Labute approximate surface area is 610 Å². The van der Waals surface area contributed by atoms with Crippen molar-refractivity contribution in [2.45, 2.75) is 352 Å².